The first-order valence-corrected chi connectivity index (χ1v) is 6.86. The van der Waals surface area contributed by atoms with Gasteiger partial charge in [-0.2, -0.15) is 0 Å². The molecule has 2 nitrogen and oxygen atoms in total. The Labute approximate surface area is 124 Å². The molecule has 106 valence electrons. The van der Waals surface area contributed by atoms with E-state index in [2.05, 4.69) is 21.2 Å². The number of nitrogens with one attached hydrogen (secondary N) is 1. The average molecular weight is 342 g/mol. The number of ether oxygens (including phenoxy) is 1. The molecule has 2 rings (SSSR count). The molecule has 1 atom stereocenters. The quantitative estimate of drug-likeness (QED) is 0.853. The number of rotatable bonds is 4. The zero-order chi connectivity index (χ0) is 14.7. The van der Waals surface area contributed by atoms with Crippen LogP contribution in [0.25, 0.3) is 0 Å². The lowest BCUT2D eigenvalue weighted by molar-refractivity contribution is 0.402. The van der Waals surface area contributed by atoms with Crippen LogP contribution in [0.3, 0.4) is 0 Å². The normalized spacial score (nSPS) is 12.1. The maximum Gasteiger partial charge on any atom is 0.146 e. The summed E-state index contributed by atoms with van der Waals surface area (Å²) in [6.07, 6.45) is 0. The molecule has 0 amide bonds. The molecule has 0 aromatic heterocycles. The number of methoxy groups -OCH3 is 1. The molecule has 0 bridgehead atoms. The highest BCUT2D eigenvalue weighted by Crippen LogP contribution is 2.31. The summed E-state index contributed by atoms with van der Waals surface area (Å²) in [4.78, 5) is 0. The molecule has 5 heteroatoms. The second-order valence-corrected chi connectivity index (χ2v) is 5.26. The molecule has 0 radical (unpaired) electrons. The van der Waals surface area contributed by atoms with Gasteiger partial charge in [0.15, 0.2) is 0 Å². The summed E-state index contributed by atoms with van der Waals surface area (Å²) in [5.74, 6) is -0.351. The Bertz CT molecular complexity index is 619. The zero-order valence-electron chi connectivity index (χ0n) is 11.1. The van der Waals surface area contributed by atoms with E-state index in [-0.39, 0.29) is 5.82 Å². The first kappa shape index (κ1) is 14.8. The number of hydrogen-bond acceptors (Lipinski definition) is 2. The minimum atomic E-state index is -0.435. The van der Waals surface area contributed by atoms with Crippen LogP contribution in [0.5, 0.6) is 5.75 Å². The van der Waals surface area contributed by atoms with E-state index in [4.69, 9.17) is 4.74 Å². The number of anilines is 1. The van der Waals surface area contributed by atoms with Crippen LogP contribution in [0.4, 0.5) is 14.5 Å². The topological polar surface area (TPSA) is 21.3 Å². The summed E-state index contributed by atoms with van der Waals surface area (Å²) < 4.78 is 33.6. The first-order chi connectivity index (χ1) is 9.52. The zero-order valence-corrected chi connectivity index (χ0v) is 12.7. The van der Waals surface area contributed by atoms with Crippen LogP contribution < -0.4 is 10.1 Å². The fourth-order valence-corrected chi connectivity index (χ4v) is 2.39. The van der Waals surface area contributed by atoms with Crippen LogP contribution in [-0.2, 0) is 0 Å². The Morgan fingerprint density at radius 3 is 2.60 bits per heavy atom. The van der Waals surface area contributed by atoms with E-state index in [0.717, 1.165) is 4.47 Å². The second-order valence-electron chi connectivity index (χ2n) is 4.35. The Morgan fingerprint density at radius 1 is 1.15 bits per heavy atom. The molecular formula is C15H14BrF2NO. The minimum Gasteiger partial charge on any atom is -0.496 e. The SMILES string of the molecule is COc1cccc(F)c1C(C)Nc1cc(Br)ccc1F. The molecule has 2 aromatic carbocycles. The van der Waals surface area contributed by atoms with Crippen molar-refractivity contribution in [1.82, 2.24) is 0 Å². The number of hydrogen-bond donors (Lipinski definition) is 1. The van der Waals surface area contributed by atoms with Gasteiger partial charge in [0, 0.05) is 4.47 Å². The van der Waals surface area contributed by atoms with Crippen LogP contribution in [0.1, 0.15) is 18.5 Å². The molecule has 0 aliphatic heterocycles. The van der Waals surface area contributed by atoms with Crippen molar-refractivity contribution in [3.63, 3.8) is 0 Å². The fraction of sp³-hybridized carbons (Fsp3) is 0.200. The van der Waals surface area contributed by atoms with Gasteiger partial charge in [-0.05, 0) is 37.3 Å². The van der Waals surface area contributed by atoms with Crippen molar-refractivity contribution in [2.75, 3.05) is 12.4 Å². The molecule has 1 unspecified atom stereocenters. The Hall–Kier alpha value is -1.62. The Kier molecular flexibility index (Phi) is 4.60. The highest BCUT2D eigenvalue weighted by atomic mass is 79.9. The summed E-state index contributed by atoms with van der Waals surface area (Å²) in [7, 11) is 1.48. The van der Waals surface area contributed by atoms with Crippen molar-refractivity contribution in [3.8, 4) is 5.75 Å². The van der Waals surface area contributed by atoms with Crippen molar-refractivity contribution in [2.24, 2.45) is 0 Å². The lowest BCUT2D eigenvalue weighted by atomic mass is 10.1. The van der Waals surface area contributed by atoms with Gasteiger partial charge in [-0.25, -0.2) is 8.78 Å². The van der Waals surface area contributed by atoms with Gasteiger partial charge in [0.1, 0.15) is 17.4 Å². The lowest BCUT2D eigenvalue weighted by Crippen LogP contribution is -2.11. The molecule has 0 spiro atoms. The molecule has 2 aromatic rings. The van der Waals surface area contributed by atoms with Gasteiger partial charge >= 0.3 is 0 Å². The largest absolute Gasteiger partial charge is 0.496 e. The molecule has 0 saturated heterocycles. The van der Waals surface area contributed by atoms with E-state index < -0.39 is 11.9 Å². The van der Waals surface area contributed by atoms with Crippen LogP contribution in [0.2, 0.25) is 0 Å². The van der Waals surface area contributed by atoms with Crippen molar-refractivity contribution in [2.45, 2.75) is 13.0 Å². The predicted octanol–water partition coefficient (Wildman–Crippen LogP) is 4.91. The third kappa shape index (κ3) is 3.10. The van der Waals surface area contributed by atoms with E-state index in [0.29, 0.717) is 17.0 Å². The van der Waals surface area contributed by atoms with Crippen molar-refractivity contribution in [3.05, 3.63) is 58.1 Å². The maximum atomic E-state index is 13.9. The van der Waals surface area contributed by atoms with E-state index in [1.807, 2.05) is 0 Å². The second kappa shape index (κ2) is 6.22. The monoisotopic (exact) mass is 341 g/mol. The first-order valence-electron chi connectivity index (χ1n) is 6.07. The van der Waals surface area contributed by atoms with Gasteiger partial charge in [-0.15, -0.1) is 0 Å². The molecule has 0 heterocycles. The van der Waals surface area contributed by atoms with Crippen molar-refractivity contribution >= 4 is 21.6 Å². The van der Waals surface area contributed by atoms with Crippen LogP contribution in [-0.4, -0.2) is 7.11 Å². The van der Waals surface area contributed by atoms with Crippen LogP contribution in [0, 0.1) is 11.6 Å². The molecule has 0 fully saturated rings. The predicted molar refractivity (Wildman–Crippen MR) is 79.1 cm³/mol. The smallest absolute Gasteiger partial charge is 0.146 e. The molecule has 20 heavy (non-hydrogen) atoms. The standard InChI is InChI=1S/C15H14BrF2NO/c1-9(15-12(18)4-3-5-14(15)20-2)19-13-8-10(16)6-7-11(13)17/h3-9,19H,1-2H3. The molecule has 0 saturated carbocycles. The van der Waals surface area contributed by atoms with Crippen molar-refractivity contribution in [1.29, 1.82) is 0 Å². The van der Waals surface area contributed by atoms with Gasteiger partial charge in [-0.3, -0.25) is 0 Å². The Balaban J connectivity index is 2.33. The molecule has 1 N–H and O–H groups in total. The Morgan fingerprint density at radius 2 is 1.90 bits per heavy atom. The summed E-state index contributed by atoms with van der Waals surface area (Å²) in [6, 6.07) is 8.73. The lowest BCUT2D eigenvalue weighted by Gasteiger charge is -2.19. The summed E-state index contributed by atoms with van der Waals surface area (Å²) in [5.41, 5.74) is 0.673. The van der Waals surface area contributed by atoms with Gasteiger partial charge in [0.05, 0.1) is 24.4 Å². The van der Waals surface area contributed by atoms with Gasteiger partial charge in [-0.1, -0.05) is 22.0 Å². The third-order valence-electron chi connectivity index (χ3n) is 2.97. The highest BCUT2D eigenvalue weighted by Gasteiger charge is 2.17. The minimum absolute atomic E-state index is 0.303. The number of halogens is 3. The maximum absolute atomic E-state index is 13.9. The van der Waals surface area contributed by atoms with Crippen LogP contribution >= 0.6 is 15.9 Å². The van der Waals surface area contributed by atoms with Gasteiger partial charge in [0.25, 0.3) is 0 Å². The van der Waals surface area contributed by atoms with E-state index in [1.165, 1.54) is 19.2 Å². The van der Waals surface area contributed by atoms with Gasteiger partial charge in [0.2, 0.25) is 0 Å². The third-order valence-corrected chi connectivity index (χ3v) is 3.46. The molecule has 0 aliphatic rings. The highest BCUT2D eigenvalue weighted by molar-refractivity contribution is 9.10. The van der Waals surface area contributed by atoms with Crippen LogP contribution in [0.15, 0.2) is 40.9 Å². The van der Waals surface area contributed by atoms with Gasteiger partial charge < -0.3 is 10.1 Å². The molecular weight excluding hydrogens is 328 g/mol. The number of benzene rings is 2. The molecule has 0 aliphatic carbocycles. The van der Waals surface area contributed by atoms with E-state index >= 15 is 0 Å². The van der Waals surface area contributed by atoms with E-state index in [9.17, 15) is 8.78 Å². The van der Waals surface area contributed by atoms with E-state index in [1.54, 1.807) is 31.2 Å². The summed E-state index contributed by atoms with van der Waals surface area (Å²) in [6.45, 7) is 1.75. The van der Waals surface area contributed by atoms with Crippen molar-refractivity contribution < 1.29 is 13.5 Å². The fourth-order valence-electron chi connectivity index (χ4n) is 2.03. The average Bonchev–Trinajstić information content (AvgIpc) is 2.42. The summed E-state index contributed by atoms with van der Waals surface area (Å²) >= 11 is 3.28. The summed E-state index contributed by atoms with van der Waals surface area (Å²) in [5, 5.41) is 2.96.